The Morgan fingerprint density at radius 1 is 0.971 bits per heavy atom. The standard InChI is InChI=1S/C30H31FN2O/c1-18-6-7-19(2)28-26(18)15-32-16-27(28)22-10-13-25-23(14-22)17-34-30(25)29(33(4)5)20(3)21-8-11-24(31)12-9-21/h6-16,20,29-30H,17H2,1-5H3. The first-order valence-electron chi connectivity index (χ1n) is 11.9. The zero-order valence-electron chi connectivity index (χ0n) is 20.5. The molecule has 1 aliphatic rings. The third kappa shape index (κ3) is 3.91. The van der Waals surface area contributed by atoms with Crippen molar-refractivity contribution in [1.29, 1.82) is 0 Å². The van der Waals surface area contributed by atoms with Crippen LogP contribution in [0.3, 0.4) is 0 Å². The number of likely N-dealkylation sites (N-methyl/N-ethyl adjacent to an activating group) is 1. The van der Waals surface area contributed by atoms with Crippen LogP contribution >= 0.6 is 0 Å². The van der Waals surface area contributed by atoms with E-state index < -0.39 is 0 Å². The average Bonchev–Trinajstić information content (AvgIpc) is 3.24. The number of aromatic nitrogens is 1. The third-order valence-corrected chi connectivity index (χ3v) is 7.34. The smallest absolute Gasteiger partial charge is 0.123 e. The average molecular weight is 455 g/mol. The zero-order chi connectivity index (χ0) is 24.0. The molecule has 0 radical (unpaired) electrons. The predicted molar refractivity (Wildman–Crippen MR) is 136 cm³/mol. The van der Waals surface area contributed by atoms with Crippen molar-refractivity contribution in [1.82, 2.24) is 9.88 Å². The lowest BCUT2D eigenvalue weighted by atomic mass is 9.85. The van der Waals surface area contributed by atoms with Gasteiger partial charge in [-0.2, -0.15) is 0 Å². The van der Waals surface area contributed by atoms with Gasteiger partial charge in [-0.3, -0.25) is 4.98 Å². The molecule has 1 aliphatic heterocycles. The molecule has 2 heterocycles. The number of hydrogen-bond donors (Lipinski definition) is 0. The van der Waals surface area contributed by atoms with E-state index in [2.05, 4.69) is 75.1 Å². The van der Waals surface area contributed by atoms with Crippen LogP contribution < -0.4 is 0 Å². The minimum atomic E-state index is -0.208. The number of fused-ring (bicyclic) bond motifs is 2. The molecule has 3 nitrogen and oxygen atoms in total. The molecule has 4 heteroatoms. The van der Waals surface area contributed by atoms with Gasteiger partial charge in [0.15, 0.2) is 0 Å². The molecule has 0 N–H and O–H groups in total. The molecule has 3 atom stereocenters. The van der Waals surface area contributed by atoms with Crippen molar-refractivity contribution in [2.75, 3.05) is 14.1 Å². The molecule has 0 aliphatic carbocycles. The highest BCUT2D eigenvalue weighted by Gasteiger charge is 2.36. The fourth-order valence-electron chi connectivity index (χ4n) is 5.50. The molecule has 4 aromatic rings. The summed E-state index contributed by atoms with van der Waals surface area (Å²) in [7, 11) is 4.18. The number of aryl methyl sites for hydroxylation is 2. The molecular formula is C30H31FN2O. The summed E-state index contributed by atoms with van der Waals surface area (Å²) in [6, 6.07) is 18.0. The van der Waals surface area contributed by atoms with Crippen LogP contribution in [0.1, 0.15) is 46.8 Å². The van der Waals surface area contributed by atoms with Crippen molar-refractivity contribution in [2.24, 2.45) is 0 Å². The van der Waals surface area contributed by atoms with Crippen LogP contribution in [0.5, 0.6) is 0 Å². The maximum Gasteiger partial charge on any atom is 0.123 e. The van der Waals surface area contributed by atoms with E-state index in [0.29, 0.717) is 6.61 Å². The first kappa shape index (κ1) is 22.7. The van der Waals surface area contributed by atoms with Crippen LogP contribution in [-0.4, -0.2) is 30.0 Å². The summed E-state index contributed by atoms with van der Waals surface area (Å²) < 4.78 is 19.9. The van der Waals surface area contributed by atoms with E-state index in [4.69, 9.17) is 4.74 Å². The van der Waals surface area contributed by atoms with Crippen LogP contribution in [-0.2, 0) is 11.3 Å². The second-order valence-corrected chi connectivity index (χ2v) is 9.75. The van der Waals surface area contributed by atoms with Gasteiger partial charge in [0.1, 0.15) is 5.82 Å². The Morgan fingerprint density at radius 2 is 1.71 bits per heavy atom. The van der Waals surface area contributed by atoms with Crippen molar-refractivity contribution >= 4 is 10.8 Å². The van der Waals surface area contributed by atoms with Gasteiger partial charge >= 0.3 is 0 Å². The number of nitrogens with zero attached hydrogens (tertiary/aromatic N) is 2. The summed E-state index contributed by atoms with van der Waals surface area (Å²) in [5.41, 5.74) is 8.40. The summed E-state index contributed by atoms with van der Waals surface area (Å²) in [5.74, 6) is -0.0279. The van der Waals surface area contributed by atoms with Gasteiger partial charge in [-0.25, -0.2) is 4.39 Å². The van der Waals surface area contributed by atoms with E-state index in [1.54, 1.807) is 0 Å². The van der Waals surface area contributed by atoms with Gasteiger partial charge in [-0.15, -0.1) is 0 Å². The first-order valence-corrected chi connectivity index (χ1v) is 11.9. The molecule has 5 rings (SSSR count). The van der Waals surface area contributed by atoms with E-state index in [1.807, 2.05) is 24.5 Å². The molecule has 3 unspecified atom stereocenters. The molecular weight excluding hydrogens is 423 g/mol. The lowest BCUT2D eigenvalue weighted by Crippen LogP contribution is -2.38. The fraction of sp³-hybridized carbons (Fsp3) is 0.300. The first-order chi connectivity index (χ1) is 16.3. The number of pyridine rings is 1. The normalized spacial score (nSPS) is 17.2. The number of hydrogen-bond acceptors (Lipinski definition) is 3. The minimum absolute atomic E-state index is 0.0475. The lowest BCUT2D eigenvalue weighted by Gasteiger charge is -2.35. The van der Waals surface area contributed by atoms with Crippen molar-refractivity contribution in [3.8, 4) is 11.1 Å². The van der Waals surface area contributed by atoms with Crippen molar-refractivity contribution in [2.45, 2.75) is 45.4 Å². The van der Waals surface area contributed by atoms with Gasteiger partial charge < -0.3 is 9.64 Å². The topological polar surface area (TPSA) is 25.4 Å². The highest BCUT2D eigenvalue weighted by molar-refractivity contribution is 5.99. The molecule has 0 saturated carbocycles. The summed E-state index contributed by atoms with van der Waals surface area (Å²) in [4.78, 5) is 6.77. The lowest BCUT2D eigenvalue weighted by molar-refractivity contribution is -0.0000191. The summed E-state index contributed by atoms with van der Waals surface area (Å²) in [6.45, 7) is 7.08. The molecule has 0 spiro atoms. The van der Waals surface area contributed by atoms with E-state index in [9.17, 15) is 4.39 Å². The molecule has 34 heavy (non-hydrogen) atoms. The van der Waals surface area contributed by atoms with Gasteiger partial charge in [-0.1, -0.05) is 43.3 Å². The highest BCUT2D eigenvalue weighted by atomic mass is 19.1. The van der Waals surface area contributed by atoms with E-state index in [-0.39, 0.29) is 23.9 Å². The van der Waals surface area contributed by atoms with Crippen LogP contribution in [0.25, 0.3) is 21.9 Å². The number of halogens is 1. The molecule has 0 bridgehead atoms. The Bertz CT molecular complexity index is 1350. The minimum Gasteiger partial charge on any atom is -0.367 e. The Kier molecular flexibility index (Phi) is 5.97. The molecule has 174 valence electrons. The van der Waals surface area contributed by atoms with Gasteiger partial charge in [0.25, 0.3) is 0 Å². The van der Waals surface area contributed by atoms with Crippen LogP contribution in [0.15, 0.2) is 67.0 Å². The maximum atomic E-state index is 13.5. The Morgan fingerprint density at radius 3 is 2.44 bits per heavy atom. The van der Waals surface area contributed by atoms with Crippen molar-refractivity contribution in [3.05, 3.63) is 101 Å². The molecule has 0 fully saturated rings. The molecule has 0 saturated heterocycles. The van der Waals surface area contributed by atoms with E-state index >= 15 is 0 Å². The van der Waals surface area contributed by atoms with Crippen LogP contribution in [0.2, 0.25) is 0 Å². The SMILES string of the molecule is Cc1ccc(C)c2c(-c3ccc4c(c3)COC4C(C(C)c3ccc(F)cc3)N(C)C)cncc12. The van der Waals surface area contributed by atoms with Gasteiger partial charge in [0.2, 0.25) is 0 Å². The predicted octanol–water partition coefficient (Wildman–Crippen LogP) is 6.96. The number of benzene rings is 3. The Labute approximate surface area is 201 Å². The maximum absolute atomic E-state index is 13.5. The molecule has 0 amide bonds. The van der Waals surface area contributed by atoms with Crippen molar-refractivity contribution < 1.29 is 9.13 Å². The molecule has 1 aromatic heterocycles. The van der Waals surface area contributed by atoms with Crippen LogP contribution in [0.4, 0.5) is 4.39 Å². The largest absolute Gasteiger partial charge is 0.367 e. The quantitative estimate of drug-likeness (QED) is 0.326. The molecule has 3 aromatic carbocycles. The zero-order valence-corrected chi connectivity index (χ0v) is 20.5. The summed E-state index contributed by atoms with van der Waals surface area (Å²) in [6.07, 6.45) is 3.89. The van der Waals surface area contributed by atoms with Gasteiger partial charge in [-0.05, 0) is 90.8 Å². The Hall–Kier alpha value is -3.08. The van der Waals surface area contributed by atoms with E-state index in [1.165, 1.54) is 50.7 Å². The number of rotatable bonds is 5. The summed E-state index contributed by atoms with van der Waals surface area (Å²) >= 11 is 0. The van der Waals surface area contributed by atoms with Crippen LogP contribution in [0, 0.1) is 19.7 Å². The fourth-order valence-corrected chi connectivity index (χ4v) is 5.50. The monoisotopic (exact) mass is 454 g/mol. The third-order valence-electron chi connectivity index (χ3n) is 7.34. The van der Waals surface area contributed by atoms with Crippen molar-refractivity contribution in [3.63, 3.8) is 0 Å². The summed E-state index contributed by atoms with van der Waals surface area (Å²) in [5, 5.41) is 2.47. The second-order valence-electron chi connectivity index (χ2n) is 9.75. The van der Waals surface area contributed by atoms with E-state index in [0.717, 1.165) is 11.1 Å². The Balaban J connectivity index is 1.53. The van der Waals surface area contributed by atoms with Gasteiger partial charge in [0.05, 0.1) is 12.7 Å². The second kappa shape index (κ2) is 8.94. The van der Waals surface area contributed by atoms with Gasteiger partial charge in [0, 0.05) is 29.4 Å². The highest BCUT2D eigenvalue weighted by Crippen LogP contribution is 2.42. The number of ether oxygens (including phenoxy) is 1.